The molecule has 0 N–H and O–H groups in total. The van der Waals surface area contributed by atoms with E-state index in [1.165, 1.54) is 11.1 Å². The van der Waals surface area contributed by atoms with Gasteiger partial charge < -0.3 is 14.4 Å². The first kappa shape index (κ1) is 15.9. The molecule has 1 aliphatic heterocycles. The number of nitrogens with zero attached hydrogens (tertiary/aromatic N) is 2. The summed E-state index contributed by atoms with van der Waals surface area (Å²) in [6.07, 6.45) is 2.72. The van der Waals surface area contributed by atoms with Gasteiger partial charge in [-0.15, -0.1) is 0 Å². The normalized spacial score (nSPS) is 13.6. The van der Waals surface area contributed by atoms with Crippen LogP contribution < -0.4 is 14.4 Å². The van der Waals surface area contributed by atoms with Crippen LogP contribution in [0, 0.1) is 0 Å². The van der Waals surface area contributed by atoms with Crippen molar-refractivity contribution in [1.29, 1.82) is 0 Å². The summed E-state index contributed by atoms with van der Waals surface area (Å²) in [5.74, 6) is 1.66. The van der Waals surface area contributed by atoms with Gasteiger partial charge in [0.1, 0.15) is 5.15 Å². The lowest BCUT2D eigenvalue weighted by molar-refractivity contribution is 0.287. The summed E-state index contributed by atoms with van der Waals surface area (Å²) < 4.78 is 11.5. The van der Waals surface area contributed by atoms with E-state index in [-0.39, 0.29) is 0 Å². The van der Waals surface area contributed by atoms with Gasteiger partial charge >= 0.3 is 0 Å². The van der Waals surface area contributed by atoms with Crippen molar-refractivity contribution < 1.29 is 9.47 Å². The van der Waals surface area contributed by atoms with Gasteiger partial charge in [-0.2, -0.15) is 0 Å². The van der Waals surface area contributed by atoms with Crippen molar-refractivity contribution in [2.24, 2.45) is 0 Å². The number of benzene rings is 1. The molecule has 0 bridgehead atoms. The first-order valence-electron chi connectivity index (χ1n) is 7.99. The van der Waals surface area contributed by atoms with Crippen LogP contribution in [0.15, 0.2) is 30.5 Å². The summed E-state index contributed by atoms with van der Waals surface area (Å²) in [6, 6.07) is 8.14. The lowest BCUT2D eigenvalue weighted by atomic mass is 9.98. The highest BCUT2D eigenvalue weighted by Gasteiger charge is 2.20. The number of ether oxygens (including phenoxy) is 2. The highest BCUT2D eigenvalue weighted by atomic mass is 35.5. The third-order valence-corrected chi connectivity index (χ3v) is 4.16. The SMILES string of the molecule is CCOc1cc2c(cc1OCC)CN(c1ccnc(Cl)c1)CC2. The maximum atomic E-state index is 6.01. The Bertz CT molecular complexity index is 691. The van der Waals surface area contributed by atoms with Crippen LogP contribution in [0.25, 0.3) is 0 Å². The highest BCUT2D eigenvalue weighted by molar-refractivity contribution is 6.29. The van der Waals surface area contributed by atoms with Gasteiger partial charge in [0.2, 0.25) is 0 Å². The van der Waals surface area contributed by atoms with Gasteiger partial charge in [-0.05, 0) is 55.7 Å². The number of hydrogen-bond acceptors (Lipinski definition) is 4. The first-order chi connectivity index (χ1) is 11.2. The Balaban J connectivity index is 1.89. The van der Waals surface area contributed by atoms with Crippen LogP contribution in [-0.2, 0) is 13.0 Å². The van der Waals surface area contributed by atoms with Crippen LogP contribution >= 0.6 is 11.6 Å². The molecule has 2 aromatic rings. The maximum absolute atomic E-state index is 6.01. The van der Waals surface area contributed by atoms with Crippen LogP contribution in [0.5, 0.6) is 11.5 Å². The number of rotatable bonds is 5. The molecule has 0 fully saturated rings. The molecule has 0 saturated heterocycles. The van der Waals surface area contributed by atoms with E-state index in [2.05, 4.69) is 22.0 Å². The molecule has 23 heavy (non-hydrogen) atoms. The fraction of sp³-hybridized carbons (Fsp3) is 0.389. The minimum atomic E-state index is 0.523. The Kier molecular flexibility index (Phi) is 4.91. The lowest BCUT2D eigenvalue weighted by Crippen LogP contribution is -2.30. The number of fused-ring (bicyclic) bond motifs is 1. The van der Waals surface area contributed by atoms with Gasteiger partial charge in [0.25, 0.3) is 0 Å². The average Bonchev–Trinajstić information content (AvgIpc) is 2.55. The van der Waals surface area contributed by atoms with Crippen LogP contribution in [0.3, 0.4) is 0 Å². The largest absolute Gasteiger partial charge is 0.490 e. The van der Waals surface area contributed by atoms with E-state index in [0.717, 1.165) is 36.7 Å². The quantitative estimate of drug-likeness (QED) is 0.772. The molecule has 2 heterocycles. The molecular formula is C18H21ClN2O2. The van der Waals surface area contributed by atoms with E-state index in [4.69, 9.17) is 21.1 Å². The summed E-state index contributed by atoms with van der Waals surface area (Å²) in [5, 5.41) is 0.523. The monoisotopic (exact) mass is 332 g/mol. The zero-order chi connectivity index (χ0) is 16.2. The van der Waals surface area contributed by atoms with Crippen LogP contribution in [0.1, 0.15) is 25.0 Å². The van der Waals surface area contributed by atoms with Crippen molar-refractivity contribution in [3.8, 4) is 11.5 Å². The molecule has 5 heteroatoms. The lowest BCUT2D eigenvalue weighted by Gasteiger charge is -2.31. The maximum Gasteiger partial charge on any atom is 0.161 e. The van der Waals surface area contributed by atoms with Gasteiger partial charge in [-0.1, -0.05) is 11.6 Å². The van der Waals surface area contributed by atoms with Gasteiger partial charge in [0.05, 0.1) is 13.2 Å². The number of halogens is 1. The van der Waals surface area contributed by atoms with E-state index in [9.17, 15) is 0 Å². The van der Waals surface area contributed by atoms with E-state index in [0.29, 0.717) is 18.4 Å². The fourth-order valence-corrected chi connectivity index (χ4v) is 3.08. The van der Waals surface area contributed by atoms with Gasteiger partial charge in [0.15, 0.2) is 11.5 Å². The Labute approximate surface area is 142 Å². The molecule has 3 rings (SSSR count). The zero-order valence-electron chi connectivity index (χ0n) is 13.5. The first-order valence-corrected chi connectivity index (χ1v) is 8.37. The van der Waals surface area contributed by atoms with Crippen molar-refractivity contribution >= 4 is 17.3 Å². The van der Waals surface area contributed by atoms with Crippen LogP contribution in [0.4, 0.5) is 5.69 Å². The van der Waals surface area contributed by atoms with Gasteiger partial charge in [0, 0.05) is 25.0 Å². The fourth-order valence-electron chi connectivity index (χ4n) is 2.91. The smallest absolute Gasteiger partial charge is 0.161 e. The van der Waals surface area contributed by atoms with Crippen molar-refractivity contribution in [1.82, 2.24) is 4.98 Å². The molecule has 1 aliphatic rings. The van der Waals surface area contributed by atoms with Crippen LogP contribution in [-0.4, -0.2) is 24.7 Å². The molecule has 0 saturated carbocycles. The molecule has 1 aromatic heterocycles. The summed E-state index contributed by atoms with van der Waals surface area (Å²) in [5.41, 5.74) is 3.70. The Morgan fingerprint density at radius 1 is 1.09 bits per heavy atom. The second-order valence-corrected chi connectivity index (χ2v) is 5.83. The van der Waals surface area contributed by atoms with Crippen LogP contribution in [0.2, 0.25) is 5.15 Å². The molecule has 4 nitrogen and oxygen atoms in total. The zero-order valence-corrected chi connectivity index (χ0v) is 14.3. The summed E-state index contributed by atoms with van der Waals surface area (Å²) in [6.45, 7) is 7.03. The molecule has 0 amide bonds. The Hall–Kier alpha value is -1.94. The van der Waals surface area contributed by atoms with E-state index in [1.807, 2.05) is 26.0 Å². The summed E-state index contributed by atoms with van der Waals surface area (Å²) in [7, 11) is 0. The predicted molar refractivity (Wildman–Crippen MR) is 92.8 cm³/mol. The predicted octanol–water partition coefficient (Wildman–Crippen LogP) is 4.10. The van der Waals surface area contributed by atoms with E-state index >= 15 is 0 Å². The molecule has 0 radical (unpaired) electrons. The number of hydrogen-bond donors (Lipinski definition) is 0. The van der Waals surface area contributed by atoms with Crippen molar-refractivity contribution in [3.63, 3.8) is 0 Å². The average molecular weight is 333 g/mol. The number of aromatic nitrogens is 1. The minimum Gasteiger partial charge on any atom is -0.490 e. The molecule has 1 aromatic carbocycles. The minimum absolute atomic E-state index is 0.523. The standard InChI is InChI=1S/C18H21ClN2O2/c1-3-22-16-9-13-6-8-21(15-5-7-20-18(19)11-15)12-14(13)10-17(16)23-4-2/h5,7,9-11H,3-4,6,8,12H2,1-2H3. The second-order valence-electron chi connectivity index (χ2n) is 5.44. The molecule has 0 aliphatic carbocycles. The van der Waals surface area contributed by atoms with Crippen molar-refractivity contribution in [3.05, 3.63) is 46.7 Å². The third kappa shape index (κ3) is 3.53. The van der Waals surface area contributed by atoms with Crippen molar-refractivity contribution in [2.75, 3.05) is 24.7 Å². The molecule has 0 unspecified atom stereocenters. The topological polar surface area (TPSA) is 34.6 Å². The molecular weight excluding hydrogens is 312 g/mol. The Morgan fingerprint density at radius 2 is 1.78 bits per heavy atom. The third-order valence-electron chi connectivity index (χ3n) is 3.95. The molecule has 122 valence electrons. The van der Waals surface area contributed by atoms with Crippen molar-refractivity contribution in [2.45, 2.75) is 26.8 Å². The number of anilines is 1. The summed E-state index contributed by atoms with van der Waals surface area (Å²) >= 11 is 6.01. The van der Waals surface area contributed by atoms with Gasteiger partial charge in [-0.25, -0.2) is 4.98 Å². The molecule has 0 atom stereocenters. The van der Waals surface area contributed by atoms with E-state index < -0.39 is 0 Å². The van der Waals surface area contributed by atoms with E-state index in [1.54, 1.807) is 6.20 Å². The Morgan fingerprint density at radius 3 is 2.43 bits per heavy atom. The highest BCUT2D eigenvalue weighted by Crippen LogP contribution is 2.35. The second kappa shape index (κ2) is 7.09. The molecule has 0 spiro atoms. The summed E-state index contributed by atoms with van der Waals surface area (Å²) in [4.78, 5) is 6.36. The number of pyridine rings is 1. The van der Waals surface area contributed by atoms with Gasteiger partial charge in [-0.3, -0.25) is 0 Å².